The van der Waals surface area contributed by atoms with E-state index in [1.165, 1.54) is 0 Å². The molecule has 4 heterocycles. The van der Waals surface area contributed by atoms with Crippen LogP contribution in [-0.2, 0) is 51.0 Å². The van der Waals surface area contributed by atoms with Crippen molar-refractivity contribution in [1.29, 1.82) is 0 Å². The fourth-order valence-electron chi connectivity index (χ4n) is 5.63. The Hall–Kier alpha value is -2.64. The lowest BCUT2D eigenvalue weighted by molar-refractivity contribution is -0.327. The highest BCUT2D eigenvalue weighted by atomic mass is 31.3. The largest absolute Gasteiger partial charge is 0.756 e. The van der Waals surface area contributed by atoms with E-state index in [0.717, 1.165) is 26.1 Å². The maximum absolute atomic E-state index is 12.9. The van der Waals surface area contributed by atoms with Crippen LogP contribution >= 0.6 is 15.6 Å². The van der Waals surface area contributed by atoms with E-state index in [1.54, 1.807) is 0 Å². The third-order valence-electron chi connectivity index (χ3n) is 8.06. The molecule has 0 bridgehead atoms. The van der Waals surface area contributed by atoms with Crippen LogP contribution in [0.15, 0.2) is 21.9 Å². The summed E-state index contributed by atoms with van der Waals surface area (Å²) in [5.74, 6) is -1.72. The summed E-state index contributed by atoms with van der Waals surface area (Å²) in [6, 6.07) is -2.67. The number of ether oxygens (including phenoxy) is 4. The molecule has 0 saturated carbocycles. The molecule has 3 aliphatic heterocycles. The van der Waals surface area contributed by atoms with Gasteiger partial charge in [-0.3, -0.25) is 37.6 Å². The number of hydrogen-bond acceptors (Lipinski definition) is 22. The van der Waals surface area contributed by atoms with E-state index >= 15 is 0 Å². The predicted molar refractivity (Wildman–Crippen MR) is 172 cm³/mol. The van der Waals surface area contributed by atoms with Crippen LogP contribution < -0.4 is 44.0 Å². The minimum Gasteiger partial charge on any atom is -0.756 e. The second-order valence-corrected chi connectivity index (χ2v) is 14.8. The van der Waals surface area contributed by atoms with E-state index < -0.39 is 144 Å². The summed E-state index contributed by atoms with van der Waals surface area (Å²) in [6.45, 7) is -1.24. The Balaban J connectivity index is 0.00000523. The Kier molecular flexibility index (Phi) is 17.4. The van der Waals surface area contributed by atoms with Gasteiger partial charge in [-0.15, -0.1) is 0 Å². The van der Waals surface area contributed by atoms with Gasteiger partial charge in [0.2, 0.25) is 11.8 Å². The van der Waals surface area contributed by atoms with Crippen LogP contribution in [0, 0.1) is 0 Å². The number of quaternary nitrogens is 2. The van der Waals surface area contributed by atoms with E-state index in [9.17, 15) is 73.8 Å². The Bertz CT molecular complexity index is 1670. The number of hydrogen-bond donors (Lipinski definition) is 12. The molecule has 0 radical (unpaired) electrons. The number of phosphoric ester groups is 2. The van der Waals surface area contributed by atoms with Gasteiger partial charge in [0.05, 0.1) is 19.8 Å². The normalized spacial score (nSPS) is 37.0. The molecule has 1 aromatic heterocycles. The van der Waals surface area contributed by atoms with Crippen molar-refractivity contribution in [2.24, 2.45) is 0 Å². The van der Waals surface area contributed by atoms with Crippen molar-refractivity contribution < 1.29 is 96.6 Å². The Morgan fingerprint density at radius 2 is 1.36 bits per heavy atom. The molecule has 2 unspecified atom stereocenters. The molecule has 0 aliphatic carbocycles. The second-order valence-electron chi connectivity index (χ2n) is 11.9. The number of aromatic amines is 1. The number of nitrogens with zero attached hydrogens (tertiary/aromatic N) is 1. The van der Waals surface area contributed by atoms with Crippen LogP contribution in [0.25, 0.3) is 0 Å². The number of aliphatic hydroxyl groups is 7. The van der Waals surface area contributed by atoms with Gasteiger partial charge in [0, 0.05) is 26.1 Å². The average molecular weight is 845 g/mol. The summed E-state index contributed by atoms with van der Waals surface area (Å²) < 4.78 is 61.2. The molecule has 30 heteroatoms. The van der Waals surface area contributed by atoms with E-state index in [4.69, 9.17) is 23.5 Å². The number of nitrogens with one attached hydrogen (secondary N) is 3. The molecule has 55 heavy (non-hydrogen) atoms. The van der Waals surface area contributed by atoms with Crippen LogP contribution in [0.4, 0.5) is 0 Å². The number of H-pyrrole nitrogens is 1. The van der Waals surface area contributed by atoms with Crippen LogP contribution in [0.5, 0.6) is 0 Å². The maximum atomic E-state index is 12.9. The van der Waals surface area contributed by atoms with Gasteiger partial charge in [0.15, 0.2) is 18.8 Å². The van der Waals surface area contributed by atoms with Crippen LogP contribution in [0.2, 0.25) is 0 Å². The average Bonchev–Trinajstić information content (AvgIpc) is 3.33. The van der Waals surface area contributed by atoms with Gasteiger partial charge in [0.1, 0.15) is 67.0 Å². The van der Waals surface area contributed by atoms with E-state index in [-0.39, 0.29) is 12.3 Å². The Morgan fingerprint density at radius 3 is 1.93 bits per heavy atom. The van der Waals surface area contributed by atoms with E-state index in [2.05, 4.69) is 19.5 Å². The van der Waals surface area contributed by atoms with Crippen molar-refractivity contribution in [3.8, 4) is 0 Å². The van der Waals surface area contributed by atoms with Crippen LogP contribution in [0.1, 0.15) is 20.1 Å². The highest BCUT2D eigenvalue weighted by Gasteiger charge is 2.53. The van der Waals surface area contributed by atoms with Crippen LogP contribution in [-0.4, -0.2) is 157 Å². The predicted octanol–water partition coefficient (Wildman–Crippen LogP) is -7.19. The first kappa shape index (κ1) is 48.5. The first-order chi connectivity index (χ1) is 24.7. The van der Waals surface area contributed by atoms with Gasteiger partial charge in [0.25, 0.3) is 21.2 Å². The van der Waals surface area contributed by atoms with Gasteiger partial charge < -0.3 is 91.9 Å². The number of aromatic nitrogens is 2. The van der Waals surface area contributed by atoms with Crippen LogP contribution in [0.3, 0.4) is 0 Å². The zero-order chi connectivity index (χ0) is 39.6. The molecule has 1 aromatic rings. The molecule has 2 amide bonds. The highest BCUT2D eigenvalue weighted by molar-refractivity contribution is 7.59. The van der Waals surface area contributed by atoms with Crippen molar-refractivity contribution in [2.45, 2.75) is 99.7 Å². The lowest BCUT2D eigenvalue weighted by Crippen LogP contribution is -2.69. The zero-order valence-corrected chi connectivity index (χ0v) is 31.2. The minimum atomic E-state index is -6.18. The molecule has 3 aliphatic rings. The fourth-order valence-corrected chi connectivity index (χ4v) is 7.72. The van der Waals surface area contributed by atoms with Gasteiger partial charge in [-0.05, 0) is 0 Å². The standard InChI is InChI=1S/C25H40N4O22P2.2H3N/c1-8(32)26-14-19(38)16(35)10(5-30)47-23(14)49-21-15(27-9(2)33)24(48-11(6-31)18(21)37)50-53(43,44)51-52(41,42)45-7-12-17(36)20(39)22(46-12)29-4-3-13(34)28-25(29)40;;/h3-4,10-12,14-24,30-31,35-39H,5-7H2,1-2H3,(H,26,32)(H,27,33)(H,41,42)(H,43,44)(H,28,34,40);2*1H3/t10-,11-,12-,14-,15-,16-,17-,18-,19-,20-,21-,22-,23+,24-;;/m1../s1. The Morgan fingerprint density at radius 1 is 0.818 bits per heavy atom. The molecule has 28 nitrogen and oxygen atoms in total. The highest BCUT2D eigenvalue weighted by Crippen LogP contribution is 2.57. The monoisotopic (exact) mass is 844 g/mol. The topological polar surface area (TPSA) is 473 Å². The molecular weight excluding hydrogens is 798 g/mol. The number of phosphoric acid groups is 2. The lowest BCUT2D eigenvalue weighted by Gasteiger charge is -2.48. The molecule has 3 fully saturated rings. The first-order valence-electron chi connectivity index (χ1n) is 15.4. The van der Waals surface area contributed by atoms with Gasteiger partial charge in [-0.25, -0.2) is 9.11 Å². The summed E-state index contributed by atoms with van der Waals surface area (Å²) in [6.07, 6.45) is -21.4. The molecule has 18 N–H and O–H groups in total. The number of carbonyl (C=O) groups is 2. The lowest BCUT2D eigenvalue weighted by atomic mass is 9.94. The molecule has 16 atom stereocenters. The third kappa shape index (κ3) is 11.7. The fraction of sp³-hybridized carbons (Fsp3) is 0.760. The molecule has 318 valence electrons. The Labute approximate surface area is 309 Å². The molecule has 0 aromatic carbocycles. The van der Waals surface area contributed by atoms with Gasteiger partial charge in [-0.1, -0.05) is 0 Å². The molecule has 0 spiro atoms. The minimum absolute atomic E-state index is 0. The smallest absolute Gasteiger partial charge is 0.330 e. The summed E-state index contributed by atoms with van der Waals surface area (Å²) in [5, 5.41) is 76.5. The first-order valence-corrected chi connectivity index (χ1v) is 18.4. The van der Waals surface area contributed by atoms with Crippen molar-refractivity contribution in [3.05, 3.63) is 33.1 Å². The zero-order valence-electron chi connectivity index (χ0n) is 29.5. The quantitative estimate of drug-likeness (QED) is 0.0774. The van der Waals surface area contributed by atoms with Gasteiger partial charge in [-0.2, -0.15) is 0 Å². The van der Waals surface area contributed by atoms with Crippen molar-refractivity contribution in [1.82, 2.24) is 32.5 Å². The maximum Gasteiger partial charge on any atom is 0.330 e. The number of carbonyl (C=O) groups excluding carboxylic acids is 2. The number of rotatable bonds is 14. The summed E-state index contributed by atoms with van der Waals surface area (Å²) in [7, 11) is -12.2. The van der Waals surface area contributed by atoms with Crippen molar-refractivity contribution >= 4 is 27.5 Å². The SMILES string of the molecule is CC(=O)N[C@H]1[C@H](O[C@H]2[C@H](O)[C@@H](CO)O[C@H](OP(=O)([O-])OP(=O)([O-])OC[C@H]3O[C@@H](n4ccc(=O)[nH]c4=O)[C@H](O)[C@@H]3O)[C@@H]2NC(C)=O)O[C@H](CO)[C@@H](O)[C@@H]1O.[NH4+].[NH4+]. The third-order valence-corrected chi connectivity index (χ3v) is 10.6. The van der Waals surface area contributed by atoms with Gasteiger partial charge >= 0.3 is 5.69 Å². The summed E-state index contributed by atoms with van der Waals surface area (Å²) >= 11 is 0. The van der Waals surface area contributed by atoms with E-state index in [0.29, 0.717) is 4.57 Å². The summed E-state index contributed by atoms with van der Waals surface area (Å²) in [5.41, 5.74) is -1.86. The van der Waals surface area contributed by atoms with Crippen molar-refractivity contribution in [3.63, 3.8) is 0 Å². The van der Waals surface area contributed by atoms with Crippen molar-refractivity contribution in [2.75, 3.05) is 19.8 Å². The second kappa shape index (κ2) is 19.7. The summed E-state index contributed by atoms with van der Waals surface area (Å²) in [4.78, 5) is 74.8. The molecule has 4 rings (SSSR count). The molecule has 3 saturated heterocycles. The number of aliphatic hydroxyl groups excluding tert-OH is 7. The number of amides is 2. The molecular formula is C25H46N6O22P2. The van der Waals surface area contributed by atoms with E-state index in [1.807, 2.05) is 4.98 Å².